The highest BCUT2D eigenvalue weighted by Crippen LogP contribution is 2.24. The van der Waals surface area contributed by atoms with E-state index in [1.807, 2.05) is 12.1 Å². The van der Waals surface area contributed by atoms with Gasteiger partial charge in [0.25, 0.3) is 5.91 Å². The minimum absolute atomic E-state index is 0.0511. The number of β-amino-alcohol motifs (C(OH)–C–C–N with tert-alkyl or cyclic N) is 1. The van der Waals surface area contributed by atoms with Gasteiger partial charge in [-0.1, -0.05) is 24.3 Å². The van der Waals surface area contributed by atoms with Crippen molar-refractivity contribution in [1.82, 2.24) is 19.7 Å². The fraction of sp³-hybridized carbons (Fsp3) is 0.571. The average Bonchev–Trinajstić information content (AvgIpc) is 2.90. The molecule has 0 saturated carbocycles. The Hall–Kier alpha value is -2.52. The molecule has 8 nitrogen and oxygen atoms in total. The number of carbonyl (C=O) groups excluding carboxylic acids is 1. The Balaban J connectivity index is 1.11. The van der Waals surface area contributed by atoms with E-state index in [0.717, 1.165) is 64.3 Å². The van der Waals surface area contributed by atoms with Crippen LogP contribution in [0.5, 0.6) is 5.88 Å². The lowest BCUT2D eigenvalue weighted by atomic mass is 9.99. The normalized spacial score (nSPS) is 20.2. The van der Waals surface area contributed by atoms with Gasteiger partial charge in [0.2, 0.25) is 5.88 Å². The second-order valence-corrected chi connectivity index (χ2v) is 10.2. The molecule has 0 aliphatic carbocycles. The number of benzene rings is 1. The molecule has 36 heavy (non-hydrogen) atoms. The third-order valence-electron chi connectivity index (χ3n) is 7.63. The number of aliphatic hydroxyl groups is 1. The van der Waals surface area contributed by atoms with E-state index in [0.29, 0.717) is 37.5 Å². The lowest BCUT2D eigenvalue weighted by molar-refractivity contribution is 0.0489. The summed E-state index contributed by atoms with van der Waals surface area (Å²) in [6.07, 6.45) is 3.19. The van der Waals surface area contributed by atoms with Crippen LogP contribution in [0.25, 0.3) is 0 Å². The molecule has 3 aliphatic heterocycles. The number of rotatable bonds is 9. The number of carbonyl (C=O) groups is 1. The highest BCUT2D eigenvalue weighted by Gasteiger charge is 2.29. The van der Waals surface area contributed by atoms with Gasteiger partial charge in [-0.3, -0.25) is 9.69 Å². The predicted molar refractivity (Wildman–Crippen MR) is 137 cm³/mol. The number of amides is 1. The van der Waals surface area contributed by atoms with Crippen LogP contribution in [0.15, 0.2) is 36.4 Å². The summed E-state index contributed by atoms with van der Waals surface area (Å²) < 4.78 is 11.3. The van der Waals surface area contributed by atoms with Crippen LogP contribution in [0.2, 0.25) is 0 Å². The Morgan fingerprint density at radius 2 is 1.81 bits per heavy atom. The molecular weight excluding hydrogens is 456 g/mol. The van der Waals surface area contributed by atoms with E-state index >= 15 is 0 Å². The first-order chi connectivity index (χ1) is 17.6. The molecule has 1 amide bonds. The summed E-state index contributed by atoms with van der Waals surface area (Å²) in [4.78, 5) is 24.3. The van der Waals surface area contributed by atoms with Gasteiger partial charge in [0.05, 0.1) is 24.0 Å². The molecule has 1 saturated heterocycles. The van der Waals surface area contributed by atoms with Crippen LogP contribution in [0, 0.1) is 0 Å². The third-order valence-corrected chi connectivity index (χ3v) is 7.63. The van der Waals surface area contributed by atoms with E-state index in [4.69, 9.17) is 9.47 Å². The molecule has 1 aromatic heterocycles. The second kappa shape index (κ2) is 11.7. The van der Waals surface area contributed by atoms with Gasteiger partial charge in [-0.05, 0) is 36.5 Å². The molecule has 1 N–H and O–H groups in total. The number of hydrogen-bond donors (Lipinski definition) is 1. The molecule has 2 aromatic rings. The molecule has 194 valence electrons. The fourth-order valence-corrected chi connectivity index (χ4v) is 5.58. The van der Waals surface area contributed by atoms with Gasteiger partial charge in [-0.15, -0.1) is 0 Å². The summed E-state index contributed by atoms with van der Waals surface area (Å²) in [7, 11) is 1.73. The molecule has 0 radical (unpaired) electrons. The fourth-order valence-electron chi connectivity index (χ4n) is 5.58. The molecule has 1 atom stereocenters. The number of ether oxygens (including phenoxy) is 2. The Morgan fingerprint density at radius 1 is 1.00 bits per heavy atom. The Labute approximate surface area is 213 Å². The highest BCUT2D eigenvalue weighted by molar-refractivity contribution is 5.96. The van der Waals surface area contributed by atoms with Crippen molar-refractivity contribution in [3.8, 4) is 5.88 Å². The number of piperidine rings is 1. The predicted octanol–water partition coefficient (Wildman–Crippen LogP) is 1.99. The van der Waals surface area contributed by atoms with Gasteiger partial charge in [0.1, 0.15) is 6.10 Å². The van der Waals surface area contributed by atoms with Gasteiger partial charge in [0.15, 0.2) is 0 Å². The summed E-state index contributed by atoms with van der Waals surface area (Å²) in [6.45, 7) is 6.98. The van der Waals surface area contributed by atoms with Crippen LogP contribution in [-0.2, 0) is 24.1 Å². The molecule has 8 heteroatoms. The lowest BCUT2D eigenvalue weighted by Crippen LogP contribution is -2.46. The minimum Gasteiger partial charge on any atom is -0.474 e. The Bertz CT molecular complexity index is 1040. The van der Waals surface area contributed by atoms with Crippen molar-refractivity contribution in [2.75, 3.05) is 59.5 Å². The quantitative estimate of drug-likeness (QED) is 0.571. The zero-order valence-electron chi connectivity index (χ0n) is 21.3. The van der Waals surface area contributed by atoms with Crippen molar-refractivity contribution < 1.29 is 19.4 Å². The first kappa shape index (κ1) is 25.1. The van der Waals surface area contributed by atoms with Crippen molar-refractivity contribution in [3.63, 3.8) is 0 Å². The summed E-state index contributed by atoms with van der Waals surface area (Å²) in [5, 5.41) is 10.8. The van der Waals surface area contributed by atoms with Crippen molar-refractivity contribution in [2.24, 2.45) is 0 Å². The number of hydrogen-bond acceptors (Lipinski definition) is 7. The van der Waals surface area contributed by atoms with Gasteiger partial charge in [0, 0.05) is 72.0 Å². The summed E-state index contributed by atoms with van der Waals surface area (Å²) in [6, 6.07) is 12.2. The van der Waals surface area contributed by atoms with Crippen LogP contribution >= 0.6 is 0 Å². The molecule has 4 heterocycles. The zero-order valence-corrected chi connectivity index (χ0v) is 21.3. The largest absolute Gasteiger partial charge is 0.474 e. The number of methoxy groups -OCH3 is 1. The van der Waals surface area contributed by atoms with E-state index in [1.54, 1.807) is 12.0 Å². The molecule has 1 aromatic carbocycles. The second-order valence-electron chi connectivity index (χ2n) is 10.2. The van der Waals surface area contributed by atoms with Gasteiger partial charge < -0.3 is 24.4 Å². The van der Waals surface area contributed by atoms with E-state index in [9.17, 15) is 9.90 Å². The zero-order chi connectivity index (χ0) is 24.9. The van der Waals surface area contributed by atoms with Gasteiger partial charge >= 0.3 is 0 Å². The third kappa shape index (κ3) is 6.06. The smallest absolute Gasteiger partial charge is 0.255 e. The minimum atomic E-state index is -0.578. The molecule has 3 aliphatic rings. The van der Waals surface area contributed by atoms with E-state index in [-0.39, 0.29) is 12.0 Å². The van der Waals surface area contributed by atoms with Crippen LogP contribution < -0.4 is 4.74 Å². The van der Waals surface area contributed by atoms with E-state index < -0.39 is 6.10 Å². The maximum atomic E-state index is 13.1. The standard InChI is InChI=1S/C28H38N4O4/c1-35-17-16-30-13-9-24(10-14-30)36-27-7-6-25-26(29-27)11-15-32(28(25)34)20-23(33)19-31-12-8-21-4-2-3-5-22(21)18-31/h2-7,23-24,33H,8-20H2,1H3. The van der Waals surface area contributed by atoms with E-state index in [1.165, 1.54) is 11.1 Å². The monoisotopic (exact) mass is 494 g/mol. The summed E-state index contributed by atoms with van der Waals surface area (Å²) in [5.74, 6) is 0.556. The maximum Gasteiger partial charge on any atom is 0.255 e. The van der Waals surface area contributed by atoms with Crippen LogP contribution in [0.4, 0.5) is 0 Å². The van der Waals surface area contributed by atoms with Crippen LogP contribution in [-0.4, -0.2) is 102 Å². The average molecular weight is 495 g/mol. The van der Waals surface area contributed by atoms with Gasteiger partial charge in [-0.25, -0.2) is 4.98 Å². The first-order valence-corrected chi connectivity index (χ1v) is 13.2. The Kier molecular flexibility index (Phi) is 8.16. The molecule has 1 unspecified atom stereocenters. The van der Waals surface area contributed by atoms with Crippen molar-refractivity contribution in [2.45, 2.75) is 44.4 Å². The maximum absolute atomic E-state index is 13.1. The Morgan fingerprint density at radius 3 is 2.61 bits per heavy atom. The number of aromatic nitrogens is 1. The van der Waals surface area contributed by atoms with E-state index in [2.05, 4.69) is 39.0 Å². The number of fused-ring (bicyclic) bond motifs is 2. The van der Waals surface area contributed by atoms with Gasteiger partial charge in [-0.2, -0.15) is 0 Å². The number of likely N-dealkylation sites (tertiary alicyclic amines) is 1. The number of pyridine rings is 1. The first-order valence-electron chi connectivity index (χ1n) is 13.2. The number of aliphatic hydroxyl groups excluding tert-OH is 1. The molecular formula is C28H38N4O4. The molecule has 0 spiro atoms. The highest BCUT2D eigenvalue weighted by atomic mass is 16.5. The van der Waals surface area contributed by atoms with Crippen molar-refractivity contribution in [1.29, 1.82) is 0 Å². The lowest BCUT2D eigenvalue weighted by Gasteiger charge is -2.34. The summed E-state index contributed by atoms with van der Waals surface area (Å²) in [5.41, 5.74) is 4.16. The summed E-state index contributed by atoms with van der Waals surface area (Å²) >= 11 is 0. The molecule has 1 fully saturated rings. The molecule has 5 rings (SSSR count). The van der Waals surface area contributed by atoms with Crippen LogP contribution in [0.1, 0.15) is 40.0 Å². The molecule has 0 bridgehead atoms. The number of nitrogens with zero attached hydrogens (tertiary/aromatic N) is 4. The van der Waals surface area contributed by atoms with Crippen molar-refractivity contribution in [3.05, 3.63) is 58.8 Å². The van der Waals surface area contributed by atoms with Crippen molar-refractivity contribution >= 4 is 5.91 Å². The topological polar surface area (TPSA) is 78.4 Å². The SMILES string of the molecule is COCCN1CCC(Oc2ccc3c(n2)CCN(CC(O)CN2CCc4ccccc4C2)C3=O)CC1. The van der Waals surface area contributed by atoms with Crippen LogP contribution in [0.3, 0.4) is 0 Å².